The number of ether oxygens (including phenoxy) is 2. The van der Waals surface area contributed by atoms with Gasteiger partial charge < -0.3 is 14.6 Å². The van der Waals surface area contributed by atoms with Gasteiger partial charge in [-0.2, -0.15) is 0 Å². The summed E-state index contributed by atoms with van der Waals surface area (Å²) in [5.41, 5.74) is 0. The van der Waals surface area contributed by atoms with E-state index in [9.17, 15) is 9.59 Å². The van der Waals surface area contributed by atoms with Crippen LogP contribution in [-0.4, -0.2) is 37.4 Å². The van der Waals surface area contributed by atoms with Crippen LogP contribution in [0.2, 0.25) is 0 Å². The molecule has 1 N–H and O–H groups in total. The summed E-state index contributed by atoms with van der Waals surface area (Å²) >= 11 is 0. The number of aliphatic carboxylic acids is 1. The van der Waals surface area contributed by atoms with Crippen molar-refractivity contribution in [1.29, 1.82) is 0 Å². The average Bonchev–Trinajstić information content (AvgIpc) is 2.16. The lowest BCUT2D eigenvalue weighted by molar-refractivity contribution is -0.163. The summed E-state index contributed by atoms with van der Waals surface area (Å²) < 4.78 is 9.49. The predicted octanol–water partition coefficient (Wildman–Crippen LogP) is -0.103. The minimum absolute atomic E-state index is 0.0924. The van der Waals surface area contributed by atoms with Crippen LogP contribution in [0.25, 0.3) is 0 Å². The maximum absolute atomic E-state index is 11.1. The fourth-order valence-corrected chi connectivity index (χ4v) is 1.41. The summed E-state index contributed by atoms with van der Waals surface area (Å²) in [6.45, 7) is 0.513. The van der Waals surface area contributed by atoms with E-state index in [0.717, 1.165) is 0 Å². The molecule has 0 amide bonds. The van der Waals surface area contributed by atoms with E-state index < -0.39 is 23.8 Å². The van der Waals surface area contributed by atoms with Crippen LogP contribution in [0.1, 0.15) is 6.42 Å². The van der Waals surface area contributed by atoms with Gasteiger partial charge in [0.1, 0.15) is 0 Å². The molecule has 0 aromatic carbocycles. The number of hydrogen-bond acceptors (Lipinski definition) is 4. The van der Waals surface area contributed by atoms with Gasteiger partial charge in [0.05, 0.1) is 25.6 Å². The van der Waals surface area contributed by atoms with Gasteiger partial charge in [-0.15, -0.1) is 0 Å². The van der Waals surface area contributed by atoms with Gasteiger partial charge in [-0.3, -0.25) is 9.59 Å². The molecule has 5 nitrogen and oxygen atoms in total. The molecular weight excluding hydrogens is 176 g/mol. The minimum atomic E-state index is -1.00. The van der Waals surface area contributed by atoms with Crippen LogP contribution in [0.4, 0.5) is 0 Å². The largest absolute Gasteiger partial charge is 0.481 e. The zero-order valence-electron chi connectivity index (χ0n) is 7.36. The predicted molar refractivity (Wildman–Crippen MR) is 42.1 cm³/mol. The molecule has 5 heteroatoms. The van der Waals surface area contributed by atoms with Crippen molar-refractivity contribution >= 4 is 11.9 Å². The van der Waals surface area contributed by atoms with Crippen LogP contribution in [0.15, 0.2) is 0 Å². The maximum atomic E-state index is 11.1. The number of carbonyl (C=O) groups excluding carboxylic acids is 1. The Labute approximate surface area is 75.6 Å². The first-order valence-corrected chi connectivity index (χ1v) is 4.05. The molecule has 0 aromatic heterocycles. The molecule has 0 saturated carbocycles. The molecule has 0 aliphatic carbocycles. The van der Waals surface area contributed by atoms with Crippen LogP contribution in [0, 0.1) is 11.8 Å². The fourth-order valence-electron chi connectivity index (χ4n) is 1.41. The van der Waals surface area contributed by atoms with Crippen LogP contribution in [0.3, 0.4) is 0 Å². The first-order valence-electron chi connectivity index (χ1n) is 4.05. The van der Waals surface area contributed by atoms with Crippen molar-refractivity contribution in [3.05, 3.63) is 0 Å². The Bertz CT molecular complexity index is 213. The Balaban J connectivity index is 2.67. The van der Waals surface area contributed by atoms with Crippen molar-refractivity contribution in [2.75, 3.05) is 20.3 Å². The van der Waals surface area contributed by atoms with E-state index in [-0.39, 0.29) is 6.61 Å². The molecule has 74 valence electrons. The second-order valence-electron chi connectivity index (χ2n) is 2.94. The Morgan fingerprint density at radius 2 is 2.15 bits per heavy atom. The van der Waals surface area contributed by atoms with Gasteiger partial charge in [-0.25, -0.2) is 0 Å². The number of hydrogen-bond donors (Lipinski definition) is 1. The Morgan fingerprint density at radius 1 is 1.46 bits per heavy atom. The topological polar surface area (TPSA) is 72.8 Å². The summed E-state index contributed by atoms with van der Waals surface area (Å²) in [6, 6.07) is 0. The van der Waals surface area contributed by atoms with Crippen molar-refractivity contribution in [3.63, 3.8) is 0 Å². The number of carboxylic acids is 1. The summed E-state index contributed by atoms with van der Waals surface area (Å²) in [5.74, 6) is -2.79. The molecular formula is C8H12O5. The molecule has 2 atom stereocenters. The Kier molecular flexibility index (Phi) is 3.25. The van der Waals surface area contributed by atoms with E-state index in [4.69, 9.17) is 9.84 Å². The number of rotatable bonds is 2. The molecule has 1 aliphatic heterocycles. The van der Waals surface area contributed by atoms with Crippen molar-refractivity contribution in [2.45, 2.75) is 6.42 Å². The molecule has 1 saturated heterocycles. The van der Waals surface area contributed by atoms with Gasteiger partial charge in [-0.1, -0.05) is 0 Å². The van der Waals surface area contributed by atoms with E-state index >= 15 is 0 Å². The van der Waals surface area contributed by atoms with Crippen LogP contribution < -0.4 is 0 Å². The quantitative estimate of drug-likeness (QED) is 0.612. The number of carboxylic acid groups (broad SMARTS) is 1. The highest BCUT2D eigenvalue weighted by Crippen LogP contribution is 2.23. The van der Waals surface area contributed by atoms with Gasteiger partial charge in [-0.05, 0) is 6.42 Å². The molecule has 0 radical (unpaired) electrons. The number of methoxy groups -OCH3 is 1. The lowest BCUT2D eigenvalue weighted by Gasteiger charge is -2.26. The van der Waals surface area contributed by atoms with Gasteiger partial charge in [0.25, 0.3) is 0 Å². The highest BCUT2D eigenvalue weighted by molar-refractivity contribution is 5.81. The number of carbonyl (C=O) groups is 2. The molecule has 1 fully saturated rings. The zero-order valence-corrected chi connectivity index (χ0v) is 7.36. The van der Waals surface area contributed by atoms with Gasteiger partial charge in [0, 0.05) is 6.61 Å². The van der Waals surface area contributed by atoms with E-state index in [1.165, 1.54) is 7.11 Å². The molecule has 0 bridgehead atoms. The van der Waals surface area contributed by atoms with E-state index in [1.807, 2.05) is 0 Å². The normalized spacial score (nSPS) is 28.1. The Morgan fingerprint density at radius 3 is 2.69 bits per heavy atom. The highest BCUT2D eigenvalue weighted by Gasteiger charge is 2.37. The SMILES string of the molecule is COC(=O)C1CCOCC1C(=O)O. The van der Waals surface area contributed by atoms with Gasteiger partial charge in [0.2, 0.25) is 0 Å². The average molecular weight is 188 g/mol. The van der Waals surface area contributed by atoms with Crippen molar-refractivity contribution in [1.82, 2.24) is 0 Å². The van der Waals surface area contributed by atoms with Crippen LogP contribution in [-0.2, 0) is 19.1 Å². The first-order chi connectivity index (χ1) is 6.16. The zero-order chi connectivity index (χ0) is 9.84. The lowest BCUT2D eigenvalue weighted by atomic mass is 9.88. The molecule has 2 unspecified atom stereocenters. The fraction of sp³-hybridized carbons (Fsp3) is 0.750. The molecule has 1 rings (SSSR count). The lowest BCUT2D eigenvalue weighted by Crippen LogP contribution is -2.38. The van der Waals surface area contributed by atoms with Crippen LogP contribution >= 0.6 is 0 Å². The highest BCUT2D eigenvalue weighted by atomic mass is 16.5. The summed E-state index contributed by atoms with van der Waals surface area (Å²) in [4.78, 5) is 21.8. The minimum Gasteiger partial charge on any atom is -0.481 e. The third-order valence-electron chi connectivity index (χ3n) is 2.18. The van der Waals surface area contributed by atoms with Crippen LogP contribution in [0.5, 0.6) is 0 Å². The first kappa shape index (κ1) is 9.98. The molecule has 1 heterocycles. The standard InChI is InChI=1S/C8H12O5/c1-12-8(11)5-2-3-13-4-6(5)7(9)10/h5-6H,2-4H2,1H3,(H,9,10). The molecule has 13 heavy (non-hydrogen) atoms. The van der Waals surface area contributed by atoms with Crippen molar-refractivity contribution in [2.24, 2.45) is 11.8 Å². The summed E-state index contributed by atoms with van der Waals surface area (Å²) in [7, 11) is 1.26. The van der Waals surface area contributed by atoms with E-state index in [0.29, 0.717) is 13.0 Å². The third-order valence-corrected chi connectivity index (χ3v) is 2.18. The van der Waals surface area contributed by atoms with Gasteiger partial charge >= 0.3 is 11.9 Å². The molecule has 0 spiro atoms. The summed E-state index contributed by atoms with van der Waals surface area (Å²) in [6.07, 6.45) is 0.420. The maximum Gasteiger partial charge on any atom is 0.309 e. The van der Waals surface area contributed by atoms with E-state index in [1.54, 1.807) is 0 Å². The number of esters is 1. The monoisotopic (exact) mass is 188 g/mol. The van der Waals surface area contributed by atoms with Gasteiger partial charge in [0.15, 0.2) is 0 Å². The second-order valence-corrected chi connectivity index (χ2v) is 2.94. The van der Waals surface area contributed by atoms with E-state index in [2.05, 4.69) is 4.74 Å². The third kappa shape index (κ3) is 2.18. The Hall–Kier alpha value is -1.10. The van der Waals surface area contributed by atoms with Crippen molar-refractivity contribution in [3.8, 4) is 0 Å². The smallest absolute Gasteiger partial charge is 0.309 e. The molecule has 1 aliphatic rings. The summed E-state index contributed by atoms with van der Waals surface area (Å²) in [5, 5.41) is 8.77. The second kappa shape index (κ2) is 4.23. The van der Waals surface area contributed by atoms with Crippen molar-refractivity contribution < 1.29 is 24.2 Å². The molecule has 0 aromatic rings.